The lowest BCUT2D eigenvalue weighted by atomic mass is 10.1. The Labute approximate surface area is 184 Å². The van der Waals surface area contributed by atoms with Crippen LogP contribution in [0.25, 0.3) is 10.9 Å². The molecule has 1 aromatic heterocycles. The number of aromatic nitrogens is 1. The van der Waals surface area contributed by atoms with Crippen LogP contribution in [-0.4, -0.2) is 52.7 Å². The molecule has 2 aliphatic rings. The Morgan fingerprint density at radius 1 is 1.19 bits per heavy atom. The second kappa shape index (κ2) is 8.07. The number of nitrogens with one attached hydrogen (secondary N) is 2. The number of fused-ring (bicyclic) bond motifs is 2. The number of rotatable bonds is 6. The van der Waals surface area contributed by atoms with Gasteiger partial charge in [0, 0.05) is 47.1 Å². The number of aliphatic hydroxyl groups is 1. The van der Waals surface area contributed by atoms with Crippen LogP contribution in [0.1, 0.15) is 0 Å². The van der Waals surface area contributed by atoms with Crippen molar-refractivity contribution in [3.05, 3.63) is 65.6 Å². The van der Waals surface area contributed by atoms with E-state index in [9.17, 15) is 14.3 Å². The topological polar surface area (TPSA) is 77.5 Å². The molecule has 0 spiro atoms. The number of benzene rings is 2. The van der Waals surface area contributed by atoms with Gasteiger partial charge in [0.25, 0.3) is 0 Å². The maximum Gasteiger partial charge on any atom is 0.244 e. The second-order valence-electron chi connectivity index (χ2n) is 8.17. The Bertz CT molecular complexity index is 1110. The van der Waals surface area contributed by atoms with Crippen LogP contribution in [0, 0.1) is 17.7 Å². The number of likely N-dealkylation sites (tertiary alicyclic amines) is 1. The van der Waals surface area contributed by atoms with E-state index in [0.29, 0.717) is 22.5 Å². The minimum atomic E-state index is -0.597. The summed E-state index contributed by atoms with van der Waals surface area (Å²) in [6.45, 7) is 1.20. The largest absolute Gasteiger partial charge is 0.394 e. The lowest BCUT2D eigenvalue weighted by Gasteiger charge is -2.27. The fraction of sp³-hybridized carbons (Fsp3) is 0.304. The highest BCUT2D eigenvalue weighted by atomic mass is 35.5. The Kier molecular flexibility index (Phi) is 5.25. The average Bonchev–Trinajstić information content (AvgIpc) is 3.19. The Morgan fingerprint density at radius 3 is 2.65 bits per heavy atom. The molecule has 6 nitrogen and oxygen atoms in total. The van der Waals surface area contributed by atoms with Gasteiger partial charge in [0.15, 0.2) is 0 Å². The third-order valence-corrected chi connectivity index (χ3v) is 6.53. The molecule has 1 aliphatic heterocycles. The van der Waals surface area contributed by atoms with Crippen molar-refractivity contribution in [2.45, 2.75) is 12.1 Å². The highest BCUT2D eigenvalue weighted by molar-refractivity contribution is 6.30. The Hall–Kier alpha value is -2.74. The maximum absolute atomic E-state index is 13.7. The van der Waals surface area contributed by atoms with Crippen molar-refractivity contribution in [1.82, 2.24) is 9.88 Å². The van der Waals surface area contributed by atoms with Crippen molar-refractivity contribution in [2.24, 2.45) is 11.8 Å². The van der Waals surface area contributed by atoms with E-state index in [4.69, 9.17) is 11.6 Å². The summed E-state index contributed by atoms with van der Waals surface area (Å²) < 4.78 is 13.7. The Morgan fingerprint density at radius 2 is 1.94 bits per heavy atom. The number of hydrogen-bond donors (Lipinski definition) is 3. The SMILES string of the molecule is O=C(Nc1ccc(Cl)cc1)C(CO)N1CC2C(C1)C2Nc1ccnc2ccc(F)cc12. The first-order valence-electron chi connectivity index (χ1n) is 10.3. The lowest BCUT2D eigenvalue weighted by molar-refractivity contribution is -0.122. The molecule has 3 N–H and O–H groups in total. The van der Waals surface area contributed by atoms with Gasteiger partial charge in [-0.15, -0.1) is 0 Å². The first-order chi connectivity index (χ1) is 15.0. The molecule has 0 radical (unpaired) electrons. The van der Waals surface area contributed by atoms with E-state index in [1.54, 1.807) is 36.5 Å². The van der Waals surface area contributed by atoms with Crippen molar-refractivity contribution in [3.63, 3.8) is 0 Å². The summed E-state index contributed by atoms with van der Waals surface area (Å²) in [7, 11) is 0. The van der Waals surface area contributed by atoms with E-state index < -0.39 is 6.04 Å². The van der Waals surface area contributed by atoms with Gasteiger partial charge in [0.05, 0.1) is 12.1 Å². The summed E-state index contributed by atoms with van der Waals surface area (Å²) >= 11 is 5.89. The van der Waals surface area contributed by atoms with Crippen LogP contribution in [0.5, 0.6) is 0 Å². The minimum absolute atomic E-state index is 0.230. The summed E-state index contributed by atoms with van der Waals surface area (Å²) in [5.74, 6) is 0.248. The molecule has 1 amide bonds. The number of carbonyl (C=O) groups is 1. The van der Waals surface area contributed by atoms with Gasteiger partial charge in [-0.05, 0) is 60.4 Å². The summed E-state index contributed by atoms with van der Waals surface area (Å²) in [6, 6.07) is 13.0. The molecule has 160 valence electrons. The molecular formula is C23H22ClFN4O2. The normalized spacial score (nSPS) is 23.4. The summed E-state index contributed by atoms with van der Waals surface area (Å²) in [4.78, 5) is 19.0. The van der Waals surface area contributed by atoms with Gasteiger partial charge in [-0.25, -0.2) is 4.39 Å². The summed E-state index contributed by atoms with van der Waals surface area (Å²) in [5, 5.41) is 17.6. The first kappa shape index (κ1) is 20.2. The molecule has 3 unspecified atom stereocenters. The monoisotopic (exact) mass is 440 g/mol. The fourth-order valence-electron chi connectivity index (χ4n) is 4.57. The number of hydrogen-bond acceptors (Lipinski definition) is 5. The highest BCUT2D eigenvalue weighted by Crippen LogP contribution is 2.48. The molecular weight excluding hydrogens is 419 g/mol. The number of piperidine rings is 1. The molecule has 1 saturated carbocycles. The molecule has 5 rings (SSSR count). The lowest BCUT2D eigenvalue weighted by Crippen LogP contribution is -2.47. The van der Waals surface area contributed by atoms with Crippen LogP contribution >= 0.6 is 11.6 Å². The zero-order valence-electron chi connectivity index (χ0n) is 16.6. The standard InChI is InChI=1S/C23H22ClFN4O2/c24-13-1-4-15(5-2-13)27-23(31)21(12-30)29-10-17-18(11-29)22(17)28-20-7-8-26-19-6-3-14(25)9-16(19)20/h1-9,17-18,21-22,30H,10-12H2,(H,26,28)(H,27,31). The molecule has 2 heterocycles. The second-order valence-corrected chi connectivity index (χ2v) is 8.60. The van der Waals surface area contributed by atoms with Crippen LogP contribution in [-0.2, 0) is 4.79 Å². The maximum atomic E-state index is 13.7. The number of amides is 1. The van der Waals surface area contributed by atoms with Crippen molar-refractivity contribution in [3.8, 4) is 0 Å². The van der Waals surface area contributed by atoms with Crippen LogP contribution in [0.2, 0.25) is 5.02 Å². The highest BCUT2D eigenvalue weighted by Gasteiger charge is 2.57. The first-order valence-corrected chi connectivity index (χ1v) is 10.6. The third-order valence-electron chi connectivity index (χ3n) is 6.28. The van der Waals surface area contributed by atoms with Crippen LogP contribution in [0.3, 0.4) is 0 Å². The van der Waals surface area contributed by atoms with E-state index in [-0.39, 0.29) is 24.4 Å². The molecule has 1 saturated heterocycles. The molecule has 1 aliphatic carbocycles. The molecule has 3 atom stereocenters. The number of pyridine rings is 1. The van der Waals surface area contributed by atoms with Crippen molar-refractivity contribution < 1.29 is 14.3 Å². The van der Waals surface area contributed by atoms with Crippen LogP contribution < -0.4 is 10.6 Å². The van der Waals surface area contributed by atoms with Crippen molar-refractivity contribution in [1.29, 1.82) is 0 Å². The molecule has 2 fully saturated rings. The van der Waals surface area contributed by atoms with Gasteiger partial charge in [-0.3, -0.25) is 14.7 Å². The van der Waals surface area contributed by atoms with E-state index in [2.05, 4.69) is 15.6 Å². The summed E-state index contributed by atoms with van der Waals surface area (Å²) in [6.07, 6.45) is 1.72. The van der Waals surface area contributed by atoms with E-state index in [1.165, 1.54) is 12.1 Å². The molecule has 0 bridgehead atoms. The minimum Gasteiger partial charge on any atom is -0.394 e. The van der Waals surface area contributed by atoms with Gasteiger partial charge in [-0.2, -0.15) is 0 Å². The quantitative estimate of drug-likeness (QED) is 0.548. The number of carbonyl (C=O) groups excluding carboxylic acids is 1. The number of anilines is 2. The number of aliphatic hydroxyl groups excluding tert-OH is 1. The zero-order valence-corrected chi connectivity index (χ0v) is 17.4. The zero-order chi connectivity index (χ0) is 21.5. The van der Waals surface area contributed by atoms with Crippen LogP contribution in [0.4, 0.5) is 15.8 Å². The van der Waals surface area contributed by atoms with Crippen LogP contribution in [0.15, 0.2) is 54.7 Å². The molecule has 31 heavy (non-hydrogen) atoms. The fourth-order valence-corrected chi connectivity index (χ4v) is 4.70. The molecule has 3 aromatic rings. The summed E-state index contributed by atoms with van der Waals surface area (Å²) in [5.41, 5.74) is 2.27. The Balaban J connectivity index is 1.22. The van der Waals surface area contributed by atoms with Gasteiger partial charge in [0.2, 0.25) is 5.91 Å². The predicted molar refractivity (Wildman–Crippen MR) is 119 cm³/mol. The third kappa shape index (κ3) is 3.96. The van der Waals surface area contributed by atoms with E-state index in [1.807, 2.05) is 11.0 Å². The molecule has 8 heteroatoms. The average molecular weight is 441 g/mol. The van der Waals surface area contributed by atoms with Gasteiger partial charge in [0.1, 0.15) is 11.9 Å². The van der Waals surface area contributed by atoms with Gasteiger partial charge < -0.3 is 15.7 Å². The number of nitrogens with zero attached hydrogens (tertiary/aromatic N) is 2. The van der Waals surface area contributed by atoms with Crippen molar-refractivity contribution in [2.75, 3.05) is 30.3 Å². The smallest absolute Gasteiger partial charge is 0.244 e. The van der Waals surface area contributed by atoms with Gasteiger partial charge >= 0.3 is 0 Å². The van der Waals surface area contributed by atoms with Gasteiger partial charge in [-0.1, -0.05) is 11.6 Å². The molecule has 2 aromatic carbocycles. The number of halogens is 2. The predicted octanol–water partition coefficient (Wildman–Crippen LogP) is 3.37. The van der Waals surface area contributed by atoms with E-state index in [0.717, 1.165) is 29.7 Å². The van der Waals surface area contributed by atoms with E-state index >= 15 is 0 Å². The van der Waals surface area contributed by atoms with Crippen molar-refractivity contribution >= 4 is 39.8 Å².